The van der Waals surface area contributed by atoms with E-state index in [-0.39, 0.29) is 23.0 Å². The van der Waals surface area contributed by atoms with Gasteiger partial charge in [-0.3, -0.25) is 4.79 Å². The van der Waals surface area contributed by atoms with Gasteiger partial charge >= 0.3 is 0 Å². The summed E-state index contributed by atoms with van der Waals surface area (Å²) in [6.45, 7) is 6.53. The zero-order valence-electron chi connectivity index (χ0n) is 19.9. The molecule has 3 aromatic carbocycles. The van der Waals surface area contributed by atoms with Crippen LogP contribution in [-0.4, -0.2) is 21.1 Å². The van der Waals surface area contributed by atoms with Gasteiger partial charge < -0.3 is 14.8 Å². The molecule has 7 nitrogen and oxygen atoms in total. The van der Waals surface area contributed by atoms with E-state index in [0.29, 0.717) is 17.2 Å². The van der Waals surface area contributed by atoms with Crippen LogP contribution in [0.2, 0.25) is 0 Å². The molecule has 0 atom stereocenters. The van der Waals surface area contributed by atoms with Crippen molar-refractivity contribution in [1.82, 2.24) is 0 Å². The van der Waals surface area contributed by atoms with E-state index in [4.69, 9.17) is 14.6 Å². The Labute approximate surface area is 205 Å². The Morgan fingerprint density at radius 1 is 0.943 bits per heavy atom. The number of amides is 1. The van der Waals surface area contributed by atoms with Gasteiger partial charge in [-0.05, 0) is 76.9 Å². The van der Waals surface area contributed by atoms with Crippen LogP contribution < -0.4 is 19.9 Å². The fourth-order valence-electron chi connectivity index (χ4n) is 4.56. The van der Waals surface area contributed by atoms with Crippen LogP contribution in [0.25, 0.3) is 11.1 Å². The quantitative estimate of drug-likeness (QED) is 0.537. The van der Waals surface area contributed by atoms with Gasteiger partial charge in [0.2, 0.25) is 22.7 Å². The van der Waals surface area contributed by atoms with E-state index in [1.807, 2.05) is 36.4 Å². The van der Waals surface area contributed by atoms with Crippen molar-refractivity contribution in [2.24, 2.45) is 5.14 Å². The van der Waals surface area contributed by atoms with E-state index in [0.717, 1.165) is 35.1 Å². The molecule has 5 rings (SSSR count). The lowest BCUT2D eigenvalue weighted by atomic mass is 9.81. The Morgan fingerprint density at radius 3 is 2.26 bits per heavy atom. The molecular formula is C27H28N2O5S. The lowest BCUT2D eigenvalue weighted by Crippen LogP contribution is -2.28. The van der Waals surface area contributed by atoms with Crippen LogP contribution in [0.4, 0.5) is 5.69 Å². The van der Waals surface area contributed by atoms with E-state index in [1.165, 1.54) is 12.1 Å². The molecule has 8 heteroatoms. The summed E-state index contributed by atoms with van der Waals surface area (Å²) in [6, 6.07) is 18.0. The third kappa shape index (κ3) is 4.39. The van der Waals surface area contributed by atoms with Gasteiger partial charge in [-0.2, -0.15) is 0 Å². The number of anilines is 1. The molecule has 0 saturated heterocycles. The molecule has 3 aromatic rings. The van der Waals surface area contributed by atoms with Crippen molar-refractivity contribution in [3.8, 4) is 22.6 Å². The van der Waals surface area contributed by atoms with Crippen molar-refractivity contribution >= 4 is 21.6 Å². The number of nitrogens with one attached hydrogen (secondary N) is 1. The Morgan fingerprint density at radius 2 is 1.63 bits per heavy atom. The van der Waals surface area contributed by atoms with Gasteiger partial charge in [0.15, 0.2) is 11.5 Å². The number of carbonyl (C=O) groups excluding carboxylic acids is 1. The second-order valence-electron chi connectivity index (χ2n) is 10.2. The van der Waals surface area contributed by atoms with E-state index in [1.54, 1.807) is 12.1 Å². The first-order valence-electron chi connectivity index (χ1n) is 11.5. The molecule has 1 saturated carbocycles. The first-order valence-corrected chi connectivity index (χ1v) is 13.0. The smallest absolute Gasteiger partial charge is 0.238 e. The van der Waals surface area contributed by atoms with Crippen LogP contribution in [0, 0.1) is 0 Å². The number of ether oxygens (including phenoxy) is 2. The predicted octanol–water partition coefficient (Wildman–Crippen LogP) is 4.70. The first kappa shape index (κ1) is 23.4. The number of sulfonamides is 1. The highest BCUT2D eigenvalue weighted by Crippen LogP contribution is 2.51. The topological polar surface area (TPSA) is 108 Å². The van der Waals surface area contributed by atoms with Crippen LogP contribution in [0.5, 0.6) is 11.5 Å². The maximum Gasteiger partial charge on any atom is 0.238 e. The number of primary sulfonamides is 1. The van der Waals surface area contributed by atoms with E-state index in [9.17, 15) is 13.2 Å². The van der Waals surface area contributed by atoms with Crippen LogP contribution in [0.15, 0.2) is 65.6 Å². The SMILES string of the molecule is CC(C)(C)c1ccc(NC(=O)C2(c3ccc4c(c3)OCO4)CC2)cc1-c1ccc(S(N)(=O)=O)cc1. The van der Waals surface area contributed by atoms with Crippen LogP contribution in [0.3, 0.4) is 0 Å². The second kappa shape index (κ2) is 8.10. The maximum absolute atomic E-state index is 13.4. The summed E-state index contributed by atoms with van der Waals surface area (Å²) in [5.74, 6) is 1.30. The summed E-state index contributed by atoms with van der Waals surface area (Å²) in [7, 11) is -3.78. The molecule has 0 radical (unpaired) electrons. The molecule has 1 heterocycles. The molecule has 1 fully saturated rings. The Bertz CT molecular complexity index is 1420. The number of nitrogens with two attached hydrogens (primary N) is 1. The monoisotopic (exact) mass is 492 g/mol. The van der Waals surface area contributed by atoms with Gasteiger partial charge in [0, 0.05) is 5.69 Å². The van der Waals surface area contributed by atoms with Gasteiger partial charge in [0.05, 0.1) is 10.3 Å². The molecule has 3 N–H and O–H groups in total. The molecule has 35 heavy (non-hydrogen) atoms. The van der Waals surface area contributed by atoms with Crippen LogP contribution in [-0.2, 0) is 25.6 Å². The van der Waals surface area contributed by atoms with Crippen LogP contribution >= 0.6 is 0 Å². The standard InChI is InChI=1S/C27H28N2O5S/c1-26(2,3)22-10-7-19(15-21(22)17-4-8-20(9-5-17)35(28,31)32)29-25(30)27(12-13-27)18-6-11-23-24(14-18)34-16-33-23/h4-11,14-15H,12-13,16H2,1-3H3,(H,29,30)(H2,28,31,32). The van der Waals surface area contributed by atoms with Crippen molar-refractivity contribution in [2.75, 3.05) is 12.1 Å². The molecule has 2 aliphatic rings. The Kier molecular flexibility index (Phi) is 5.41. The number of fused-ring (bicyclic) bond motifs is 1. The number of hydrogen-bond donors (Lipinski definition) is 2. The fraction of sp³-hybridized carbons (Fsp3) is 0.296. The zero-order chi connectivity index (χ0) is 25.0. The van der Waals surface area contributed by atoms with E-state index < -0.39 is 15.4 Å². The van der Waals surface area contributed by atoms with Crippen molar-refractivity contribution in [3.63, 3.8) is 0 Å². The van der Waals surface area contributed by atoms with Gasteiger partial charge in [-0.25, -0.2) is 13.6 Å². The Hall–Kier alpha value is -3.36. The lowest BCUT2D eigenvalue weighted by Gasteiger charge is -2.24. The van der Waals surface area contributed by atoms with Gasteiger partial charge in [-0.1, -0.05) is 45.0 Å². The van der Waals surface area contributed by atoms with Gasteiger partial charge in [0.25, 0.3) is 0 Å². The largest absolute Gasteiger partial charge is 0.454 e. The molecule has 1 aliphatic heterocycles. The minimum absolute atomic E-state index is 0.0578. The highest BCUT2D eigenvalue weighted by molar-refractivity contribution is 7.89. The number of rotatable bonds is 5. The van der Waals surface area contributed by atoms with Gasteiger partial charge in [0.1, 0.15) is 0 Å². The lowest BCUT2D eigenvalue weighted by molar-refractivity contribution is -0.118. The zero-order valence-corrected chi connectivity index (χ0v) is 20.7. The predicted molar refractivity (Wildman–Crippen MR) is 134 cm³/mol. The molecule has 0 aromatic heterocycles. The fourth-order valence-corrected chi connectivity index (χ4v) is 5.07. The van der Waals surface area contributed by atoms with Crippen molar-refractivity contribution in [2.45, 2.75) is 49.3 Å². The van der Waals surface area contributed by atoms with E-state index >= 15 is 0 Å². The molecule has 0 unspecified atom stereocenters. The second-order valence-corrected chi connectivity index (χ2v) is 11.7. The molecular weight excluding hydrogens is 464 g/mol. The number of hydrogen-bond acceptors (Lipinski definition) is 5. The van der Waals surface area contributed by atoms with Crippen molar-refractivity contribution in [1.29, 1.82) is 0 Å². The maximum atomic E-state index is 13.4. The third-order valence-electron chi connectivity index (χ3n) is 6.69. The minimum atomic E-state index is -3.78. The number of benzene rings is 3. The van der Waals surface area contributed by atoms with E-state index in [2.05, 4.69) is 26.1 Å². The average Bonchev–Trinajstić information content (AvgIpc) is 3.49. The molecule has 1 amide bonds. The first-order chi connectivity index (χ1) is 16.5. The average molecular weight is 493 g/mol. The molecule has 0 bridgehead atoms. The molecule has 1 aliphatic carbocycles. The molecule has 0 spiro atoms. The summed E-state index contributed by atoms with van der Waals surface area (Å²) >= 11 is 0. The number of carbonyl (C=O) groups is 1. The molecule has 182 valence electrons. The third-order valence-corrected chi connectivity index (χ3v) is 7.62. The minimum Gasteiger partial charge on any atom is -0.454 e. The van der Waals surface area contributed by atoms with Crippen molar-refractivity contribution in [3.05, 3.63) is 71.8 Å². The highest BCUT2D eigenvalue weighted by atomic mass is 32.2. The normalized spacial score (nSPS) is 16.1. The summed E-state index contributed by atoms with van der Waals surface area (Å²) in [6.07, 6.45) is 1.53. The summed E-state index contributed by atoms with van der Waals surface area (Å²) in [5, 5.41) is 8.37. The highest BCUT2D eigenvalue weighted by Gasteiger charge is 2.51. The summed E-state index contributed by atoms with van der Waals surface area (Å²) in [4.78, 5) is 13.5. The van der Waals surface area contributed by atoms with Gasteiger partial charge in [-0.15, -0.1) is 0 Å². The summed E-state index contributed by atoms with van der Waals surface area (Å²) in [5.41, 5.74) is 3.70. The Balaban J connectivity index is 1.46. The summed E-state index contributed by atoms with van der Waals surface area (Å²) < 4.78 is 34.3. The van der Waals surface area contributed by atoms with Crippen LogP contribution in [0.1, 0.15) is 44.7 Å². The van der Waals surface area contributed by atoms with Crippen molar-refractivity contribution < 1.29 is 22.7 Å².